The summed E-state index contributed by atoms with van der Waals surface area (Å²) in [5.41, 5.74) is -0.0888. The Bertz CT molecular complexity index is 1070. The van der Waals surface area contributed by atoms with Gasteiger partial charge in [0.2, 0.25) is 11.8 Å². The highest BCUT2D eigenvalue weighted by Crippen LogP contribution is 2.52. The molecule has 3 N–H and O–H groups in total. The molecule has 0 spiro atoms. The molecule has 210 valence electrons. The Morgan fingerprint density at radius 2 is 1.82 bits per heavy atom. The number of piperazine rings is 1. The van der Waals surface area contributed by atoms with Gasteiger partial charge in [-0.1, -0.05) is 12.1 Å². The summed E-state index contributed by atoms with van der Waals surface area (Å²) in [5.74, 6) is -0.928. The maximum Gasteiger partial charge on any atom is 0.469 e. The van der Waals surface area contributed by atoms with E-state index in [1.54, 1.807) is 0 Å². The van der Waals surface area contributed by atoms with Crippen LogP contribution in [0.3, 0.4) is 0 Å². The Labute approximate surface area is 222 Å². The lowest BCUT2D eigenvalue weighted by molar-refractivity contribution is -0.137. The van der Waals surface area contributed by atoms with E-state index in [9.17, 15) is 18.5 Å². The average molecular weight is 554 g/mol. The predicted octanol–water partition coefficient (Wildman–Crippen LogP) is 2.78. The zero-order valence-electron chi connectivity index (χ0n) is 21.5. The normalized spacial score (nSPS) is 30.9. The minimum Gasteiger partial charge on any atom is -0.488 e. The fourth-order valence-corrected chi connectivity index (χ4v) is 7.24. The van der Waals surface area contributed by atoms with Crippen LogP contribution >= 0.6 is 7.82 Å². The molecule has 12 heteroatoms. The summed E-state index contributed by atoms with van der Waals surface area (Å²) in [6, 6.07) is 8.19. The van der Waals surface area contributed by atoms with E-state index >= 15 is 0 Å². The molecule has 5 rings (SSSR count). The van der Waals surface area contributed by atoms with E-state index < -0.39 is 43.2 Å². The number of carbonyl (C=O) groups is 2. The van der Waals surface area contributed by atoms with Crippen LogP contribution in [0.1, 0.15) is 51.4 Å². The molecule has 1 aromatic carbocycles. The summed E-state index contributed by atoms with van der Waals surface area (Å²) < 4.78 is 37.1. The van der Waals surface area contributed by atoms with Crippen molar-refractivity contribution in [2.45, 2.75) is 69.7 Å². The van der Waals surface area contributed by atoms with Gasteiger partial charge in [-0.15, -0.1) is 0 Å². The number of ether oxygens (including phenoxy) is 1. The number of halogens is 1. The molecule has 2 saturated heterocycles. The number of para-hydroxylation sites is 2. The van der Waals surface area contributed by atoms with Crippen molar-refractivity contribution >= 4 is 25.3 Å². The van der Waals surface area contributed by atoms with Gasteiger partial charge in [0.1, 0.15) is 18.0 Å². The number of amides is 2. The molecule has 2 saturated carbocycles. The summed E-state index contributed by atoms with van der Waals surface area (Å²) in [6.45, 7) is 4.06. The first-order valence-corrected chi connectivity index (χ1v) is 15.1. The zero-order valence-corrected chi connectivity index (χ0v) is 22.4. The topological polar surface area (TPSA) is 129 Å². The van der Waals surface area contributed by atoms with Crippen molar-refractivity contribution in [2.24, 2.45) is 11.3 Å². The van der Waals surface area contributed by atoms with Crippen LogP contribution in [0.5, 0.6) is 5.75 Å². The second-order valence-corrected chi connectivity index (χ2v) is 12.2. The zero-order chi connectivity index (χ0) is 26.9. The standard InChI is InChI=1S/C26H37FN3O7P/c27-20-17-26(19(24(31)28-25(26)32)16-23(20)37-38(33,34)35)10-5-11-29-12-14-30(15-13-29)21-8-3-4-9-22(21)36-18-6-1-2-7-18/h3-4,8-9,18-20,23H,1-2,5-7,10-17H2,(H,28,31,32)(H2,33,34,35). The number of phosphoric acid groups is 1. The lowest BCUT2D eigenvalue weighted by Gasteiger charge is -2.41. The smallest absolute Gasteiger partial charge is 0.469 e. The van der Waals surface area contributed by atoms with Crippen molar-refractivity contribution in [3.05, 3.63) is 24.3 Å². The monoisotopic (exact) mass is 553 g/mol. The van der Waals surface area contributed by atoms with Crippen molar-refractivity contribution < 1.29 is 37.6 Å². The Balaban J connectivity index is 1.15. The third-order valence-corrected chi connectivity index (χ3v) is 9.19. The first-order valence-electron chi connectivity index (χ1n) is 13.6. The van der Waals surface area contributed by atoms with Gasteiger partial charge in [0, 0.05) is 26.2 Å². The van der Waals surface area contributed by atoms with Crippen LogP contribution in [-0.4, -0.2) is 77.6 Å². The van der Waals surface area contributed by atoms with Crippen LogP contribution in [0.2, 0.25) is 0 Å². The molecule has 2 amide bonds. The van der Waals surface area contributed by atoms with Gasteiger partial charge in [-0.2, -0.15) is 0 Å². The van der Waals surface area contributed by atoms with Gasteiger partial charge in [0.25, 0.3) is 0 Å². The van der Waals surface area contributed by atoms with E-state index in [4.69, 9.17) is 14.5 Å². The highest BCUT2D eigenvalue weighted by Gasteiger charge is 2.60. The van der Waals surface area contributed by atoms with Gasteiger partial charge in [-0.3, -0.25) is 24.3 Å². The lowest BCUT2D eigenvalue weighted by atomic mass is 9.64. The molecule has 4 atom stereocenters. The van der Waals surface area contributed by atoms with E-state index in [1.165, 1.54) is 12.8 Å². The molecule has 2 aliphatic heterocycles. The SMILES string of the molecule is O=C1NC(=O)C2(CCCN3CCN(c4ccccc4OC4CCCC4)CC3)CC(F)C(OP(=O)(O)O)CC12. The number of rotatable bonds is 9. The molecule has 0 bridgehead atoms. The molecular weight excluding hydrogens is 516 g/mol. The minimum absolute atomic E-state index is 0.231. The number of hydrogen-bond donors (Lipinski definition) is 3. The van der Waals surface area contributed by atoms with Crippen molar-refractivity contribution in [1.29, 1.82) is 0 Å². The van der Waals surface area contributed by atoms with Crippen LogP contribution in [0.25, 0.3) is 0 Å². The van der Waals surface area contributed by atoms with Crippen LogP contribution in [0.4, 0.5) is 10.1 Å². The molecule has 4 fully saturated rings. The number of benzene rings is 1. The minimum atomic E-state index is -4.92. The van der Waals surface area contributed by atoms with Crippen LogP contribution in [-0.2, 0) is 18.7 Å². The second-order valence-electron chi connectivity index (χ2n) is 11.0. The van der Waals surface area contributed by atoms with E-state index in [0.29, 0.717) is 25.5 Å². The molecule has 4 aliphatic rings. The summed E-state index contributed by atoms with van der Waals surface area (Å²) in [5, 5.41) is 2.32. The molecule has 0 aromatic heterocycles. The van der Waals surface area contributed by atoms with Gasteiger partial charge in [0.15, 0.2) is 0 Å². The lowest BCUT2D eigenvalue weighted by Crippen LogP contribution is -2.49. The highest BCUT2D eigenvalue weighted by molar-refractivity contribution is 7.46. The quantitative estimate of drug-likeness (QED) is 0.312. The van der Waals surface area contributed by atoms with E-state index in [2.05, 4.69) is 25.7 Å². The molecule has 38 heavy (non-hydrogen) atoms. The van der Waals surface area contributed by atoms with E-state index in [1.807, 2.05) is 18.2 Å². The fourth-order valence-electron chi connectivity index (χ4n) is 6.67. The number of nitrogens with one attached hydrogen (secondary N) is 1. The molecule has 10 nitrogen and oxygen atoms in total. The van der Waals surface area contributed by atoms with Crippen LogP contribution < -0.4 is 15.0 Å². The van der Waals surface area contributed by atoms with E-state index in [-0.39, 0.29) is 12.8 Å². The van der Waals surface area contributed by atoms with E-state index in [0.717, 1.165) is 50.5 Å². The number of hydrogen-bond acceptors (Lipinski definition) is 7. The van der Waals surface area contributed by atoms with Gasteiger partial charge in [-0.25, -0.2) is 8.96 Å². The summed E-state index contributed by atoms with van der Waals surface area (Å²) in [7, 11) is -4.92. The maximum absolute atomic E-state index is 14.9. The van der Waals surface area contributed by atoms with Gasteiger partial charge < -0.3 is 19.4 Å². The van der Waals surface area contributed by atoms with Crippen molar-refractivity contribution in [2.75, 3.05) is 37.6 Å². The fraction of sp³-hybridized carbons (Fsp3) is 0.692. The molecule has 4 unspecified atom stereocenters. The number of carbonyl (C=O) groups excluding carboxylic acids is 2. The Morgan fingerprint density at radius 3 is 2.53 bits per heavy atom. The number of fused-ring (bicyclic) bond motifs is 1. The van der Waals surface area contributed by atoms with Crippen LogP contribution in [0, 0.1) is 11.3 Å². The van der Waals surface area contributed by atoms with Gasteiger partial charge in [-0.05, 0) is 70.0 Å². The average Bonchev–Trinajstić information content (AvgIpc) is 3.46. The number of nitrogens with zero attached hydrogens (tertiary/aromatic N) is 2. The highest BCUT2D eigenvalue weighted by atomic mass is 31.2. The van der Waals surface area contributed by atoms with Gasteiger partial charge in [0.05, 0.1) is 23.1 Å². The maximum atomic E-state index is 14.9. The molecule has 0 radical (unpaired) electrons. The summed E-state index contributed by atoms with van der Waals surface area (Å²) in [4.78, 5) is 48.1. The summed E-state index contributed by atoms with van der Waals surface area (Å²) >= 11 is 0. The Kier molecular flexibility index (Phi) is 8.12. The van der Waals surface area contributed by atoms with Crippen molar-refractivity contribution in [1.82, 2.24) is 10.2 Å². The molecule has 1 aromatic rings. The van der Waals surface area contributed by atoms with Crippen molar-refractivity contribution in [3.8, 4) is 5.75 Å². The second kappa shape index (κ2) is 11.2. The Morgan fingerprint density at radius 1 is 1.11 bits per heavy atom. The van der Waals surface area contributed by atoms with Crippen molar-refractivity contribution in [3.63, 3.8) is 0 Å². The third-order valence-electron chi connectivity index (χ3n) is 8.65. The third kappa shape index (κ3) is 5.92. The predicted molar refractivity (Wildman–Crippen MR) is 137 cm³/mol. The number of alkyl halides is 1. The number of phosphoric ester groups is 1. The van der Waals surface area contributed by atoms with Crippen LogP contribution in [0.15, 0.2) is 24.3 Å². The first-order chi connectivity index (χ1) is 18.1. The first kappa shape index (κ1) is 27.5. The largest absolute Gasteiger partial charge is 0.488 e. The number of anilines is 1. The number of imide groups is 1. The molecular formula is C26H37FN3O7P. The molecule has 2 aliphatic carbocycles. The summed E-state index contributed by atoms with van der Waals surface area (Å²) in [6.07, 6.45) is 2.20. The Hall–Kier alpha value is -2.04. The van der Waals surface area contributed by atoms with Gasteiger partial charge >= 0.3 is 7.82 Å². The molecule has 2 heterocycles.